The molecule has 0 spiro atoms. The Morgan fingerprint density at radius 2 is 2.05 bits per heavy atom. The van der Waals surface area contributed by atoms with E-state index in [1.165, 1.54) is 6.08 Å². The Kier molecular flexibility index (Phi) is 6.59. The third kappa shape index (κ3) is 5.75. The largest absolute Gasteiger partial charge is 0.489 e. The van der Waals surface area contributed by atoms with E-state index in [0.29, 0.717) is 24.0 Å². The minimum Gasteiger partial charge on any atom is -0.489 e. The summed E-state index contributed by atoms with van der Waals surface area (Å²) < 4.78 is 16.0. The number of carboxylic acids is 1. The van der Waals surface area contributed by atoms with Crippen molar-refractivity contribution in [2.75, 3.05) is 20.5 Å². The van der Waals surface area contributed by atoms with Crippen molar-refractivity contribution in [1.82, 2.24) is 0 Å². The summed E-state index contributed by atoms with van der Waals surface area (Å²) in [4.78, 5) is 10.5. The Balaban J connectivity index is 2.91. The average molecular weight is 280 g/mol. The molecule has 0 amide bonds. The number of carbonyl (C=O) groups is 1. The van der Waals surface area contributed by atoms with Crippen LogP contribution in [0.2, 0.25) is 0 Å². The number of hydrogen-bond donors (Lipinski definition) is 1. The van der Waals surface area contributed by atoms with Gasteiger partial charge in [-0.3, -0.25) is 0 Å². The summed E-state index contributed by atoms with van der Waals surface area (Å²) in [6.07, 6.45) is 2.59. The van der Waals surface area contributed by atoms with Gasteiger partial charge in [-0.05, 0) is 29.7 Å². The van der Waals surface area contributed by atoms with E-state index in [1.807, 2.05) is 13.8 Å². The summed E-state index contributed by atoms with van der Waals surface area (Å²) in [7, 11) is 1.54. The third-order valence-electron chi connectivity index (χ3n) is 2.29. The summed E-state index contributed by atoms with van der Waals surface area (Å²) in [5, 5.41) is 8.63. The van der Waals surface area contributed by atoms with Crippen LogP contribution in [0.25, 0.3) is 6.08 Å². The Labute approximate surface area is 118 Å². The lowest BCUT2D eigenvalue weighted by atomic mass is 10.2. The first-order valence-corrected chi connectivity index (χ1v) is 6.32. The van der Waals surface area contributed by atoms with Gasteiger partial charge in [0.15, 0.2) is 18.3 Å². The van der Waals surface area contributed by atoms with Gasteiger partial charge in [-0.25, -0.2) is 4.79 Å². The lowest BCUT2D eigenvalue weighted by Gasteiger charge is -2.14. The van der Waals surface area contributed by atoms with Gasteiger partial charge in [0, 0.05) is 13.2 Å². The molecule has 0 fully saturated rings. The second kappa shape index (κ2) is 8.22. The van der Waals surface area contributed by atoms with Gasteiger partial charge in [0.05, 0.1) is 6.61 Å². The molecular formula is C15H20O5. The van der Waals surface area contributed by atoms with Crippen LogP contribution in [0.4, 0.5) is 0 Å². The first kappa shape index (κ1) is 16.0. The van der Waals surface area contributed by atoms with Crippen LogP contribution in [0.15, 0.2) is 24.3 Å². The predicted octanol–water partition coefficient (Wildman–Crippen LogP) is 2.80. The normalized spacial score (nSPS) is 11.0. The van der Waals surface area contributed by atoms with Crippen LogP contribution >= 0.6 is 0 Å². The number of aliphatic carboxylic acids is 1. The Hall–Kier alpha value is -2.01. The highest BCUT2D eigenvalue weighted by molar-refractivity contribution is 5.85. The van der Waals surface area contributed by atoms with E-state index < -0.39 is 5.97 Å². The Morgan fingerprint density at radius 3 is 2.65 bits per heavy atom. The Bertz CT molecular complexity index is 465. The van der Waals surface area contributed by atoms with E-state index in [1.54, 1.807) is 25.3 Å². The predicted molar refractivity (Wildman–Crippen MR) is 75.9 cm³/mol. The quantitative estimate of drug-likeness (QED) is 0.586. The molecule has 0 aliphatic rings. The standard InChI is InChI=1S/C15H20O5/c1-11(2)9-19-14-8-12(5-7-15(16)17)4-6-13(14)20-10-18-3/h4-8,11H,9-10H2,1-3H3,(H,16,17). The Morgan fingerprint density at radius 1 is 1.30 bits per heavy atom. The smallest absolute Gasteiger partial charge is 0.328 e. The second-order valence-electron chi connectivity index (χ2n) is 4.63. The molecule has 20 heavy (non-hydrogen) atoms. The number of benzene rings is 1. The first-order valence-electron chi connectivity index (χ1n) is 6.32. The maximum Gasteiger partial charge on any atom is 0.328 e. The van der Waals surface area contributed by atoms with Gasteiger partial charge in [0.1, 0.15) is 0 Å². The number of carboxylic acid groups (broad SMARTS) is 1. The van der Waals surface area contributed by atoms with Crippen LogP contribution in [0.3, 0.4) is 0 Å². The van der Waals surface area contributed by atoms with Crippen LogP contribution < -0.4 is 9.47 Å². The highest BCUT2D eigenvalue weighted by Gasteiger charge is 2.07. The summed E-state index contributed by atoms with van der Waals surface area (Å²) in [6, 6.07) is 5.23. The maximum absolute atomic E-state index is 10.5. The molecule has 0 radical (unpaired) electrons. The monoisotopic (exact) mass is 280 g/mol. The van der Waals surface area contributed by atoms with Gasteiger partial charge >= 0.3 is 5.97 Å². The van der Waals surface area contributed by atoms with Gasteiger partial charge in [-0.15, -0.1) is 0 Å². The molecular weight excluding hydrogens is 260 g/mol. The molecule has 0 unspecified atom stereocenters. The van der Waals surface area contributed by atoms with Crippen LogP contribution in [0, 0.1) is 5.92 Å². The van der Waals surface area contributed by atoms with Crippen LogP contribution in [-0.2, 0) is 9.53 Å². The lowest BCUT2D eigenvalue weighted by molar-refractivity contribution is -0.131. The lowest BCUT2D eigenvalue weighted by Crippen LogP contribution is -2.07. The molecule has 5 heteroatoms. The minimum absolute atomic E-state index is 0.127. The molecule has 110 valence electrons. The van der Waals surface area contributed by atoms with E-state index >= 15 is 0 Å². The van der Waals surface area contributed by atoms with E-state index in [9.17, 15) is 4.79 Å². The van der Waals surface area contributed by atoms with Gasteiger partial charge in [-0.1, -0.05) is 19.9 Å². The summed E-state index contributed by atoms with van der Waals surface area (Å²) in [5.41, 5.74) is 0.732. The van der Waals surface area contributed by atoms with Crippen molar-refractivity contribution < 1.29 is 24.1 Å². The molecule has 5 nitrogen and oxygen atoms in total. The first-order chi connectivity index (χ1) is 9.52. The van der Waals surface area contributed by atoms with Crippen LogP contribution in [-0.4, -0.2) is 31.6 Å². The highest BCUT2D eigenvalue weighted by atomic mass is 16.7. The van der Waals surface area contributed by atoms with E-state index in [0.717, 1.165) is 11.6 Å². The maximum atomic E-state index is 10.5. The van der Waals surface area contributed by atoms with E-state index in [2.05, 4.69) is 0 Å². The van der Waals surface area contributed by atoms with Crippen molar-refractivity contribution in [2.24, 2.45) is 5.92 Å². The number of hydrogen-bond acceptors (Lipinski definition) is 4. The highest BCUT2D eigenvalue weighted by Crippen LogP contribution is 2.29. The van der Waals surface area contributed by atoms with Crippen molar-refractivity contribution in [3.63, 3.8) is 0 Å². The van der Waals surface area contributed by atoms with Gasteiger partial charge in [0.25, 0.3) is 0 Å². The molecule has 0 saturated carbocycles. The van der Waals surface area contributed by atoms with E-state index in [4.69, 9.17) is 19.3 Å². The summed E-state index contributed by atoms with van der Waals surface area (Å²) in [5.74, 6) is 0.529. The molecule has 0 heterocycles. The van der Waals surface area contributed by atoms with Gasteiger partial charge < -0.3 is 19.3 Å². The second-order valence-corrected chi connectivity index (χ2v) is 4.63. The number of methoxy groups -OCH3 is 1. The summed E-state index contributed by atoms with van der Waals surface area (Å²) in [6.45, 7) is 4.77. The van der Waals surface area contributed by atoms with Crippen molar-refractivity contribution in [1.29, 1.82) is 0 Å². The van der Waals surface area contributed by atoms with Crippen molar-refractivity contribution in [3.05, 3.63) is 29.8 Å². The van der Waals surface area contributed by atoms with Crippen molar-refractivity contribution >= 4 is 12.0 Å². The molecule has 0 saturated heterocycles. The topological polar surface area (TPSA) is 65.0 Å². The fourth-order valence-electron chi connectivity index (χ4n) is 1.41. The van der Waals surface area contributed by atoms with Gasteiger partial charge in [0.2, 0.25) is 0 Å². The van der Waals surface area contributed by atoms with Crippen LogP contribution in [0.1, 0.15) is 19.4 Å². The van der Waals surface area contributed by atoms with Crippen LogP contribution in [0.5, 0.6) is 11.5 Å². The van der Waals surface area contributed by atoms with E-state index in [-0.39, 0.29) is 6.79 Å². The number of ether oxygens (including phenoxy) is 3. The molecule has 1 rings (SSSR count). The van der Waals surface area contributed by atoms with Crippen molar-refractivity contribution in [2.45, 2.75) is 13.8 Å². The summed E-state index contributed by atoms with van der Waals surface area (Å²) >= 11 is 0. The van der Waals surface area contributed by atoms with Crippen molar-refractivity contribution in [3.8, 4) is 11.5 Å². The average Bonchev–Trinajstić information content (AvgIpc) is 2.41. The zero-order chi connectivity index (χ0) is 15.0. The SMILES string of the molecule is COCOc1ccc(C=CC(=O)O)cc1OCC(C)C. The number of rotatable bonds is 8. The zero-order valence-corrected chi connectivity index (χ0v) is 12.0. The molecule has 1 N–H and O–H groups in total. The van der Waals surface area contributed by atoms with Gasteiger partial charge in [-0.2, -0.15) is 0 Å². The third-order valence-corrected chi connectivity index (χ3v) is 2.29. The fourth-order valence-corrected chi connectivity index (χ4v) is 1.41. The minimum atomic E-state index is -0.991. The molecule has 1 aromatic carbocycles. The molecule has 0 aliphatic carbocycles. The molecule has 0 atom stereocenters. The molecule has 0 bridgehead atoms. The molecule has 0 aliphatic heterocycles. The zero-order valence-electron chi connectivity index (χ0n) is 12.0. The molecule has 1 aromatic rings. The fraction of sp³-hybridized carbons (Fsp3) is 0.400. The molecule has 0 aromatic heterocycles.